The first-order valence-electron chi connectivity index (χ1n) is 7.60. The van der Waals surface area contributed by atoms with Crippen LogP contribution in [-0.2, 0) is 6.42 Å². The van der Waals surface area contributed by atoms with Crippen LogP contribution in [0.15, 0.2) is 36.7 Å². The first kappa shape index (κ1) is 14.8. The monoisotopic (exact) mass is 347 g/mol. The van der Waals surface area contributed by atoms with Gasteiger partial charge in [-0.2, -0.15) is 0 Å². The quantitative estimate of drug-likeness (QED) is 0.813. The number of hydrogen-bond acceptors (Lipinski definition) is 2. The molecule has 0 radical (unpaired) electrons. The van der Waals surface area contributed by atoms with Crippen molar-refractivity contribution in [3.8, 4) is 0 Å². The van der Waals surface area contributed by atoms with Crippen molar-refractivity contribution in [3.63, 3.8) is 0 Å². The van der Waals surface area contributed by atoms with E-state index in [-0.39, 0.29) is 18.1 Å². The number of nitrogens with one attached hydrogen (secondary N) is 1. The minimum Gasteiger partial charge on any atom is -0.314 e. The normalized spacial score (nSPS) is 21.9. The molecule has 2 aliphatic heterocycles. The lowest BCUT2D eigenvalue weighted by atomic mass is 9.95. The Morgan fingerprint density at radius 1 is 1.22 bits per heavy atom. The summed E-state index contributed by atoms with van der Waals surface area (Å²) in [5.74, 6) is 0. The third kappa shape index (κ3) is 2.56. The van der Waals surface area contributed by atoms with Crippen molar-refractivity contribution in [2.75, 3.05) is 5.32 Å². The van der Waals surface area contributed by atoms with Gasteiger partial charge in [0.05, 0.1) is 16.1 Å². The number of nitrogens with zero attached hydrogens (tertiary/aromatic N) is 2. The summed E-state index contributed by atoms with van der Waals surface area (Å²) in [6.07, 6.45) is 6.61. The Morgan fingerprint density at radius 2 is 2.09 bits per heavy atom. The molecule has 0 saturated carbocycles. The number of pyridine rings is 1. The first-order chi connectivity index (χ1) is 11.1. The topological polar surface area (TPSA) is 45.2 Å². The average Bonchev–Trinajstić information content (AvgIpc) is 2.86. The van der Waals surface area contributed by atoms with Crippen molar-refractivity contribution in [2.45, 2.75) is 31.3 Å². The second kappa shape index (κ2) is 5.69. The number of halogens is 2. The zero-order valence-electron chi connectivity index (χ0n) is 12.3. The number of benzene rings is 1. The fourth-order valence-electron chi connectivity index (χ4n) is 3.65. The van der Waals surface area contributed by atoms with Gasteiger partial charge in [-0.15, -0.1) is 0 Å². The van der Waals surface area contributed by atoms with Gasteiger partial charge in [0.25, 0.3) is 0 Å². The fraction of sp³-hybridized carbons (Fsp3) is 0.294. The molecule has 2 atom stereocenters. The van der Waals surface area contributed by atoms with E-state index in [0.717, 1.165) is 19.3 Å². The molecule has 2 bridgehead atoms. The number of anilines is 1. The van der Waals surface area contributed by atoms with Gasteiger partial charge in [-0.3, -0.25) is 4.98 Å². The van der Waals surface area contributed by atoms with Crippen LogP contribution in [0.2, 0.25) is 10.0 Å². The molecule has 1 fully saturated rings. The second-order valence-electron chi connectivity index (χ2n) is 5.99. The molecule has 0 unspecified atom stereocenters. The highest BCUT2D eigenvalue weighted by Crippen LogP contribution is 2.43. The smallest absolute Gasteiger partial charge is 0.314 e. The molecule has 1 N–H and O–H groups in total. The maximum absolute atomic E-state index is 12.8. The van der Waals surface area contributed by atoms with Crippen LogP contribution in [0.5, 0.6) is 0 Å². The van der Waals surface area contributed by atoms with Gasteiger partial charge in [-0.1, -0.05) is 23.2 Å². The summed E-state index contributed by atoms with van der Waals surface area (Å²) in [6.45, 7) is 0. The van der Waals surface area contributed by atoms with E-state index in [9.17, 15) is 4.79 Å². The van der Waals surface area contributed by atoms with Crippen molar-refractivity contribution in [2.24, 2.45) is 0 Å². The molecule has 2 amide bonds. The Balaban J connectivity index is 1.59. The van der Waals surface area contributed by atoms with Crippen LogP contribution >= 0.6 is 23.2 Å². The number of rotatable bonds is 1. The van der Waals surface area contributed by atoms with Gasteiger partial charge in [-0.05, 0) is 54.7 Å². The summed E-state index contributed by atoms with van der Waals surface area (Å²) in [6, 6.07) is 7.43. The number of carbonyl (C=O) groups excluding carboxylic acids is 1. The highest BCUT2D eigenvalue weighted by atomic mass is 35.5. The van der Waals surface area contributed by atoms with Gasteiger partial charge in [0.2, 0.25) is 0 Å². The zero-order chi connectivity index (χ0) is 16.0. The minimum atomic E-state index is -0.0849. The van der Waals surface area contributed by atoms with Crippen molar-refractivity contribution in [1.29, 1.82) is 0 Å². The summed E-state index contributed by atoms with van der Waals surface area (Å²) in [7, 11) is 0. The van der Waals surface area contributed by atoms with Crippen molar-refractivity contribution < 1.29 is 4.79 Å². The summed E-state index contributed by atoms with van der Waals surface area (Å²) in [4.78, 5) is 18.9. The molecule has 1 aromatic carbocycles. The first-order valence-corrected chi connectivity index (χ1v) is 8.36. The molecular formula is C17H15Cl2N3O. The number of amides is 2. The number of urea groups is 1. The van der Waals surface area contributed by atoms with Crippen LogP contribution in [0, 0.1) is 0 Å². The molecule has 0 spiro atoms. The van der Waals surface area contributed by atoms with Crippen LogP contribution in [-0.4, -0.2) is 22.0 Å². The standard InChI is InChI=1S/C17H15Cl2N3O/c18-14-3-1-11(8-15(14)19)21-17(23)22-12-2-4-16(22)13-5-6-20-9-10(13)7-12/h1,3,5-6,8-9,12,16H,2,4,7H2,(H,21,23)/t12-,16+/m1/s1. The molecule has 0 aliphatic carbocycles. The lowest BCUT2D eigenvalue weighted by Gasteiger charge is -2.36. The Morgan fingerprint density at radius 3 is 2.91 bits per heavy atom. The van der Waals surface area contributed by atoms with E-state index in [2.05, 4.69) is 10.3 Å². The highest BCUT2D eigenvalue weighted by Gasteiger charge is 2.42. The lowest BCUT2D eigenvalue weighted by molar-refractivity contribution is 0.179. The average molecular weight is 348 g/mol. The van der Waals surface area contributed by atoms with E-state index in [4.69, 9.17) is 23.2 Å². The van der Waals surface area contributed by atoms with Gasteiger partial charge >= 0.3 is 6.03 Å². The summed E-state index contributed by atoms with van der Waals surface area (Å²) >= 11 is 11.9. The molecule has 23 heavy (non-hydrogen) atoms. The molecule has 1 aromatic heterocycles. The molecule has 1 saturated heterocycles. The van der Waals surface area contributed by atoms with Crippen LogP contribution in [0.4, 0.5) is 10.5 Å². The van der Waals surface area contributed by atoms with E-state index in [1.54, 1.807) is 24.4 Å². The molecule has 2 aliphatic rings. The summed E-state index contributed by atoms with van der Waals surface area (Å²) in [5, 5.41) is 3.85. The molecular weight excluding hydrogens is 333 g/mol. The van der Waals surface area contributed by atoms with Gasteiger partial charge in [-0.25, -0.2) is 4.79 Å². The van der Waals surface area contributed by atoms with Crippen LogP contribution in [0.1, 0.15) is 30.0 Å². The molecule has 3 heterocycles. The molecule has 118 valence electrons. The maximum atomic E-state index is 12.8. The number of fused-ring (bicyclic) bond motifs is 4. The van der Waals surface area contributed by atoms with Crippen LogP contribution in [0.3, 0.4) is 0 Å². The van der Waals surface area contributed by atoms with E-state index in [0.29, 0.717) is 15.7 Å². The maximum Gasteiger partial charge on any atom is 0.322 e. The third-order valence-electron chi connectivity index (χ3n) is 4.66. The fourth-order valence-corrected chi connectivity index (χ4v) is 3.94. The minimum absolute atomic E-state index is 0.0849. The Bertz CT molecular complexity index is 780. The van der Waals surface area contributed by atoms with Crippen molar-refractivity contribution in [3.05, 3.63) is 57.8 Å². The SMILES string of the molecule is O=C(Nc1ccc(Cl)c(Cl)c1)N1[C@@H]2CC[C@H]1c1ccncc1C2. The third-order valence-corrected chi connectivity index (χ3v) is 5.40. The predicted octanol–water partition coefficient (Wildman–Crippen LogP) is 4.68. The van der Waals surface area contributed by atoms with E-state index in [1.807, 2.05) is 17.2 Å². The van der Waals surface area contributed by atoms with Gasteiger partial charge in [0, 0.05) is 24.1 Å². The zero-order valence-corrected chi connectivity index (χ0v) is 13.8. The molecule has 2 aromatic rings. The van der Waals surface area contributed by atoms with Crippen LogP contribution in [0.25, 0.3) is 0 Å². The predicted molar refractivity (Wildman–Crippen MR) is 91.0 cm³/mol. The van der Waals surface area contributed by atoms with Crippen LogP contribution < -0.4 is 5.32 Å². The highest BCUT2D eigenvalue weighted by molar-refractivity contribution is 6.42. The van der Waals surface area contributed by atoms with Crippen molar-refractivity contribution >= 4 is 34.9 Å². The van der Waals surface area contributed by atoms with E-state index < -0.39 is 0 Å². The number of hydrogen-bond donors (Lipinski definition) is 1. The number of carbonyl (C=O) groups is 1. The summed E-state index contributed by atoms with van der Waals surface area (Å²) in [5.41, 5.74) is 3.14. The van der Waals surface area contributed by atoms with Gasteiger partial charge < -0.3 is 10.2 Å². The Kier molecular flexibility index (Phi) is 3.66. The second-order valence-corrected chi connectivity index (χ2v) is 6.81. The van der Waals surface area contributed by atoms with Gasteiger partial charge in [0.15, 0.2) is 0 Å². The lowest BCUT2D eigenvalue weighted by Crippen LogP contribution is -2.44. The van der Waals surface area contributed by atoms with E-state index in [1.165, 1.54) is 11.1 Å². The largest absolute Gasteiger partial charge is 0.322 e. The molecule has 4 rings (SSSR count). The summed E-state index contributed by atoms with van der Waals surface area (Å²) < 4.78 is 0. The van der Waals surface area contributed by atoms with Crippen molar-refractivity contribution in [1.82, 2.24) is 9.88 Å². The number of aromatic nitrogens is 1. The molecule has 4 nitrogen and oxygen atoms in total. The van der Waals surface area contributed by atoms with E-state index >= 15 is 0 Å². The Hall–Kier alpha value is -1.78. The van der Waals surface area contributed by atoms with Gasteiger partial charge in [0.1, 0.15) is 0 Å². The molecule has 6 heteroatoms. The Labute approximate surface area is 144 Å².